The smallest absolute Gasteiger partial charge is 0.318 e. The number of piperidine rings is 2. The van der Waals surface area contributed by atoms with Crippen molar-refractivity contribution in [3.05, 3.63) is 0 Å². The van der Waals surface area contributed by atoms with Crippen molar-refractivity contribution in [3.63, 3.8) is 0 Å². The van der Waals surface area contributed by atoms with Crippen LogP contribution in [0.2, 0.25) is 0 Å². The third-order valence-corrected chi connectivity index (χ3v) is 4.65. The summed E-state index contributed by atoms with van der Waals surface area (Å²) in [7, 11) is 2.05. The van der Waals surface area contributed by atoms with Crippen molar-refractivity contribution in [2.75, 3.05) is 33.2 Å². The van der Waals surface area contributed by atoms with Crippen molar-refractivity contribution in [1.29, 1.82) is 5.41 Å². The molecule has 0 radical (unpaired) electrons. The minimum Gasteiger partial charge on any atom is -0.386 e. The highest BCUT2D eigenvalue weighted by Gasteiger charge is 2.39. The zero-order valence-electron chi connectivity index (χ0n) is 12.6. The maximum Gasteiger partial charge on any atom is 0.318 e. The van der Waals surface area contributed by atoms with E-state index in [1.165, 1.54) is 6.42 Å². The summed E-state index contributed by atoms with van der Waals surface area (Å²) >= 11 is 0. The van der Waals surface area contributed by atoms with E-state index >= 15 is 0 Å². The van der Waals surface area contributed by atoms with Crippen LogP contribution in [0.1, 0.15) is 32.6 Å². The SMILES string of the molecule is CC1CCCN(C(=O)NC2(C(=N)N)CCN(C)CC2)C1. The van der Waals surface area contributed by atoms with Crippen LogP contribution in [0.25, 0.3) is 0 Å². The molecule has 0 aromatic rings. The minimum atomic E-state index is -0.649. The Balaban J connectivity index is 2.01. The van der Waals surface area contributed by atoms with Gasteiger partial charge in [-0.1, -0.05) is 6.92 Å². The minimum absolute atomic E-state index is 0.0590. The lowest BCUT2D eigenvalue weighted by Crippen LogP contribution is -2.64. The maximum absolute atomic E-state index is 12.5. The molecule has 0 spiro atoms. The Morgan fingerprint density at radius 3 is 2.55 bits per heavy atom. The van der Waals surface area contributed by atoms with Crippen LogP contribution in [-0.2, 0) is 0 Å². The molecule has 0 bridgehead atoms. The van der Waals surface area contributed by atoms with Gasteiger partial charge < -0.3 is 20.9 Å². The van der Waals surface area contributed by atoms with Crippen LogP contribution in [0.5, 0.6) is 0 Å². The number of nitrogens with two attached hydrogens (primary N) is 1. The van der Waals surface area contributed by atoms with Crippen molar-refractivity contribution in [1.82, 2.24) is 15.1 Å². The highest BCUT2D eigenvalue weighted by molar-refractivity contribution is 5.92. The monoisotopic (exact) mass is 281 g/mol. The van der Waals surface area contributed by atoms with E-state index in [4.69, 9.17) is 11.1 Å². The number of amides is 2. The molecule has 2 aliphatic rings. The first-order chi connectivity index (χ1) is 9.43. The van der Waals surface area contributed by atoms with Crippen molar-refractivity contribution < 1.29 is 4.79 Å². The number of amidine groups is 1. The van der Waals surface area contributed by atoms with Crippen molar-refractivity contribution in [3.8, 4) is 0 Å². The third-order valence-electron chi connectivity index (χ3n) is 4.65. The van der Waals surface area contributed by atoms with E-state index in [2.05, 4.69) is 24.2 Å². The molecule has 2 saturated heterocycles. The third kappa shape index (κ3) is 3.23. The summed E-state index contributed by atoms with van der Waals surface area (Å²) in [6, 6.07) is -0.0590. The zero-order valence-corrected chi connectivity index (χ0v) is 12.6. The molecule has 0 aliphatic carbocycles. The van der Waals surface area contributed by atoms with Crippen molar-refractivity contribution in [2.24, 2.45) is 11.7 Å². The normalized spacial score (nSPS) is 27.1. The summed E-state index contributed by atoms with van der Waals surface area (Å²) < 4.78 is 0. The number of rotatable bonds is 2. The second kappa shape index (κ2) is 5.99. The van der Waals surface area contributed by atoms with Gasteiger partial charge in [0.15, 0.2) is 0 Å². The van der Waals surface area contributed by atoms with Gasteiger partial charge in [-0.3, -0.25) is 5.41 Å². The molecule has 4 N–H and O–H groups in total. The predicted octanol–water partition coefficient (Wildman–Crippen LogP) is 0.828. The molecule has 6 nitrogen and oxygen atoms in total. The van der Waals surface area contributed by atoms with E-state index < -0.39 is 5.54 Å². The fourth-order valence-corrected chi connectivity index (χ4v) is 3.12. The van der Waals surface area contributed by atoms with E-state index in [0.29, 0.717) is 18.8 Å². The molecule has 1 unspecified atom stereocenters. The number of nitrogens with zero attached hydrogens (tertiary/aromatic N) is 2. The van der Waals surface area contributed by atoms with Crippen LogP contribution in [-0.4, -0.2) is 60.4 Å². The van der Waals surface area contributed by atoms with E-state index in [-0.39, 0.29) is 11.9 Å². The molecule has 20 heavy (non-hydrogen) atoms. The van der Waals surface area contributed by atoms with Crippen LogP contribution in [0.4, 0.5) is 4.79 Å². The fourth-order valence-electron chi connectivity index (χ4n) is 3.12. The molecule has 0 aromatic heterocycles. The zero-order chi connectivity index (χ0) is 14.8. The van der Waals surface area contributed by atoms with Gasteiger partial charge in [-0.15, -0.1) is 0 Å². The molecule has 114 valence electrons. The van der Waals surface area contributed by atoms with Crippen LogP contribution in [0, 0.1) is 11.3 Å². The Kier molecular flexibility index (Phi) is 4.52. The highest BCUT2D eigenvalue weighted by atomic mass is 16.2. The highest BCUT2D eigenvalue weighted by Crippen LogP contribution is 2.23. The first kappa shape index (κ1) is 15.1. The number of hydrogen-bond acceptors (Lipinski definition) is 3. The molecule has 2 rings (SSSR count). The van der Waals surface area contributed by atoms with E-state index in [1.54, 1.807) is 0 Å². The fraction of sp³-hybridized carbons (Fsp3) is 0.857. The number of carbonyl (C=O) groups excluding carboxylic acids is 1. The maximum atomic E-state index is 12.5. The summed E-state index contributed by atoms with van der Waals surface area (Å²) in [6.45, 7) is 5.51. The largest absolute Gasteiger partial charge is 0.386 e. The summed E-state index contributed by atoms with van der Waals surface area (Å²) in [5, 5.41) is 10.9. The van der Waals surface area contributed by atoms with Gasteiger partial charge >= 0.3 is 6.03 Å². The van der Waals surface area contributed by atoms with Crippen LogP contribution < -0.4 is 11.1 Å². The second-order valence-electron chi connectivity index (χ2n) is 6.42. The van der Waals surface area contributed by atoms with Gasteiger partial charge in [-0.2, -0.15) is 0 Å². The molecular weight excluding hydrogens is 254 g/mol. The summed E-state index contributed by atoms with van der Waals surface area (Å²) in [4.78, 5) is 16.5. The summed E-state index contributed by atoms with van der Waals surface area (Å²) in [6.07, 6.45) is 3.68. The average Bonchev–Trinajstić information content (AvgIpc) is 2.41. The molecular formula is C14H27N5O. The quantitative estimate of drug-likeness (QED) is 0.517. The van der Waals surface area contributed by atoms with Gasteiger partial charge in [-0.05, 0) is 38.6 Å². The first-order valence-electron chi connectivity index (χ1n) is 7.53. The molecule has 2 fully saturated rings. The number of nitrogens with one attached hydrogen (secondary N) is 2. The standard InChI is InChI=1S/C14H27N5O/c1-11-4-3-7-19(10-11)13(20)17-14(12(15)16)5-8-18(2)9-6-14/h11H,3-10H2,1-2H3,(H3,15,16)(H,17,20). The van der Waals surface area contributed by atoms with Crippen molar-refractivity contribution >= 4 is 11.9 Å². The summed E-state index contributed by atoms with van der Waals surface area (Å²) in [5.41, 5.74) is 5.14. The van der Waals surface area contributed by atoms with Crippen LogP contribution in [0.3, 0.4) is 0 Å². The van der Waals surface area contributed by atoms with Crippen molar-refractivity contribution in [2.45, 2.75) is 38.1 Å². The topological polar surface area (TPSA) is 85.5 Å². The van der Waals surface area contributed by atoms with Gasteiger partial charge in [0.1, 0.15) is 11.4 Å². The molecule has 0 aromatic carbocycles. The number of urea groups is 1. The van der Waals surface area contributed by atoms with E-state index in [0.717, 1.165) is 32.6 Å². The predicted molar refractivity (Wildman–Crippen MR) is 79.9 cm³/mol. The number of hydrogen-bond donors (Lipinski definition) is 3. The van der Waals surface area contributed by atoms with Gasteiger partial charge in [0.25, 0.3) is 0 Å². The summed E-state index contributed by atoms with van der Waals surface area (Å²) in [5.74, 6) is 0.643. The Morgan fingerprint density at radius 1 is 1.35 bits per heavy atom. The Morgan fingerprint density at radius 2 is 2.00 bits per heavy atom. The molecule has 2 amide bonds. The van der Waals surface area contributed by atoms with Crippen LogP contribution >= 0.6 is 0 Å². The lowest BCUT2D eigenvalue weighted by molar-refractivity contribution is 0.149. The van der Waals surface area contributed by atoms with Crippen LogP contribution in [0.15, 0.2) is 0 Å². The first-order valence-corrected chi connectivity index (χ1v) is 7.53. The van der Waals surface area contributed by atoms with Gasteiger partial charge in [-0.25, -0.2) is 4.79 Å². The second-order valence-corrected chi connectivity index (χ2v) is 6.42. The van der Waals surface area contributed by atoms with E-state index in [1.807, 2.05) is 4.90 Å². The molecule has 0 saturated carbocycles. The Labute approximate surface area is 121 Å². The average molecular weight is 281 g/mol. The van der Waals surface area contributed by atoms with Gasteiger partial charge in [0.05, 0.1) is 0 Å². The molecule has 1 atom stereocenters. The molecule has 6 heteroatoms. The lowest BCUT2D eigenvalue weighted by Gasteiger charge is -2.42. The molecule has 2 aliphatic heterocycles. The number of carbonyl (C=O) groups is 1. The number of likely N-dealkylation sites (tertiary alicyclic amines) is 2. The Bertz CT molecular complexity index is 376. The lowest BCUT2D eigenvalue weighted by atomic mass is 9.86. The molecule has 2 heterocycles. The Hall–Kier alpha value is -1.30. The van der Waals surface area contributed by atoms with Gasteiger partial charge in [0, 0.05) is 26.2 Å². The van der Waals surface area contributed by atoms with Gasteiger partial charge in [0.2, 0.25) is 0 Å². The van der Waals surface area contributed by atoms with E-state index in [9.17, 15) is 4.79 Å².